The Morgan fingerprint density at radius 2 is 1.77 bits per heavy atom. The number of hydrogen-bond acceptors (Lipinski definition) is 7. The Morgan fingerprint density at radius 3 is 2.51 bits per heavy atom. The third-order valence-corrected chi connectivity index (χ3v) is 5.66. The van der Waals surface area contributed by atoms with Crippen molar-refractivity contribution in [2.24, 2.45) is 0 Å². The SMILES string of the molecule is CCOC(=O)c1cc(C(=O)c2cc3ccccc3oc2=O)n2cnc(-c3ccc(OC)cc3)cc12. The van der Waals surface area contributed by atoms with Crippen LogP contribution in [0.3, 0.4) is 0 Å². The summed E-state index contributed by atoms with van der Waals surface area (Å²) < 4.78 is 17.2. The number of benzene rings is 2. The van der Waals surface area contributed by atoms with Crippen LogP contribution in [0, 0.1) is 0 Å². The van der Waals surface area contributed by atoms with Gasteiger partial charge in [-0.1, -0.05) is 18.2 Å². The second kappa shape index (κ2) is 8.90. The molecule has 8 nitrogen and oxygen atoms in total. The van der Waals surface area contributed by atoms with E-state index in [1.807, 2.05) is 12.1 Å². The second-order valence-corrected chi connectivity index (χ2v) is 7.74. The van der Waals surface area contributed by atoms with E-state index >= 15 is 0 Å². The Hall–Kier alpha value is -4.72. The third kappa shape index (κ3) is 3.95. The lowest BCUT2D eigenvalue weighted by atomic mass is 10.1. The first-order valence-electron chi connectivity index (χ1n) is 10.9. The number of carbonyl (C=O) groups excluding carboxylic acids is 2. The molecule has 0 unspecified atom stereocenters. The fourth-order valence-corrected chi connectivity index (χ4v) is 3.92. The van der Waals surface area contributed by atoms with E-state index in [9.17, 15) is 14.4 Å². The summed E-state index contributed by atoms with van der Waals surface area (Å²) >= 11 is 0. The number of hydrogen-bond donors (Lipinski definition) is 0. The van der Waals surface area contributed by atoms with Crippen LogP contribution in [0.4, 0.5) is 0 Å². The molecule has 3 heterocycles. The molecule has 0 aliphatic carbocycles. The van der Waals surface area contributed by atoms with E-state index in [0.717, 1.165) is 5.56 Å². The molecular weight excluding hydrogens is 448 g/mol. The minimum atomic E-state index is -0.760. The zero-order chi connectivity index (χ0) is 24.5. The minimum Gasteiger partial charge on any atom is -0.497 e. The minimum absolute atomic E-state index is 0.0967. The van der Waals surface area contributed by atoms with Crippen molar-refractivity contribution in [2.75, 3.05) is 13.7 Å². The summed E-state index contributed by atoms with van der Waals surface area (Å²) in [5, 5.41) is 0.613. The molecule has 5 aromatic rings. The van der Waals surface area contributed by atoms with Gasteiger partial charge in [-0.05, 0) is 55.5 Å². The van der Waals surface area contributed by atoms with Crippen LogP contribution in [0.15, 0.2) is 82.3 Å². The van der Waals surface area contributed by atoms with Gasteiger partial charge < -0.3 is 13.9 Å². The van der Waals surface area contributed by atoms with Crippen LogP contribution in [-0.4, -0.2) is 34.9 Å². The number of ether oxygens (including phenoxy) is 2. The van der Waals surface area contributed by atoms with Crippen LogP contribution in [-0.2, 0) is 4.74 Å². The maximum atomic E-state index is 13.5. The van der Waals surface area contributed by atoms with Gasteiger partial charge in [-0.15, -0.1) is 0 Å². The first-order chi connectivity index (χ1) is 17.0. The zero-order valence-electron chi connectivity index (χ0n) is 19.0. The average molecular weight is 468 g/mol. The topological polar surface area (TPSA) is 100 Å². The molecule has 0 N–H and O–H groups in total. The number of carbonyl (C=O) groups is 2. The van der Waals surface area contributed by atoms with Crippen LogP contribution in [0.2, 0.25) is 0 Å². The summed E-state index contributed by atoms with van der Waals surface area (Å²) in [7, 11) is 1.58. The largest absolute Gasteiger partial charge is 0.497 e. The van der Waals surface area contributed by atoms with Crippen molar-refractivity contribution in [3.63, 3.8) is 0 Å². The van der Waals surface area contributed by atoms with Crippen molar-refractivity contribution in [1.82, 2.24) is 9.38 Å². The van der Waals surface area contributed by atoms with Crippen molar-refractivity contribution < 1.29 is 23.5 Å². The number of methoxy groups -OCH3 is 1. The Morgan fingerprint density at radius 1 is 1.00 bits per heavy atom. The number of ketones is 1. The Labute approximate surface area is 199 Å². The number of para-hydroxylation sites is 1. The lowest BCUT2D eigenvalue weighted by molar-refractivity contribution is 0.0529. The van der Waals surface area contributed by atoms with E-state index in [2.05, 4.69) is 4.98 Å². The smallest absolute Gasteiger partial charge is 0.347 e. The molecule has 5 rings (SSSR count). The summed E-state index contributed by atoms with van der Waals surface area (Å²) in [6.45, 7) is 1.87. The molecule has 0 amide bonds. The molecule has 35 heavy (non-hydrogen) atoms. The molecule has 0 spiro atoms. The number of esters is 1. The van der Waals surface area contributed by atoms with Gasteiger partial charge in [-0.25, -0.2) is 14.6 Å². The first kappa shape index (κ1) is 22.1. The molecule has 0 aliphatic rings. The fraction of sp³-hybridized carbons (Fsp3) is 0.111. The number of aromatic nitrogens is 2. The molecule has 0 bridgehead atoms. The van der Waals surface area contributed by atoms with Gasteiger partial charge in [-0.2, -0.15) is 0 Å². The maximum Gasteiger partial charge on any atom is 0.347 e. The van der Waals surface area contributed by atoms with E-state index < -0.39 is 17.4 Å². The molecule has 0 fully saturated rings. The highest BCUT2D eigenvalue weighted by Gasteiger charge is 2.24. The maximum absolute atomic E-state index is 13.5. The fourth-order valence-electron chi connectivity index (χ4n) is 3.92. The van der Waals surface area contributed by atoms with E-state index in [4.69, 9.17) is 13.9 Å². The highest BCUT2D eigenvalue weighted by Crippen LogP contribution is 2.26. The van der Waals surface area contributed by atoms with Crippen LogP contribution >= 0.6 is 0 Å². The Bertz CT molecular complexity index is 1650. The standard InChI is InChI=1S/C27H20N2O6/c1-3-34-26(31)19-13-23(25(30)20-12-17-6-4-5-7-24(17)35-27(20)32)29-15-28-21(14-22(19)29)16-8-10-18(33-2)11-9-16/h4-15H,3H2,1-2H3. The lowest BCUT2D eigenvalue weighted by Crippen LogP contribution is -2.16. The third-order valence-electron chi connectivity index (χ3n) is 5.66. The van der Waals surface area contributed by atoms with Gasteiger partial charge in [0.05, 0.1) is 36.2 Å². The van der Waals surface area contributed by atoms with Gasteiger partial charge in [-0.3, -0.25) is 9.20 Å². The molecule has 8 heteroatoms. The Balaban J connectivity index is 1.66. The van der Waals surface area contributed by atoms with Gasteiger partial charge in [0.1, 0.15) is 23.2 Å². The zero-order valence-corrected chi connectivity index (χ0v) is 19.0. The van der Waals surface area contributed by atoms with Crippen molar-refractivity contribution in [3.05, 3.63) is 100 Å². The lowest BCUT2D eigenvalue weighted by Gasteiger charge is -2.07. The van der Waals surface area contributed by atoms with Gasteiger partial charge in [0.2, 0.25) is 5.78 Å². The van der Waals surface area contributed by atoms with Gasteiger partial charge in [0.25, 0.3) is 0 Å². The molecule has 3 aromatic heterocycles. The second-order valence-electron chi connectivity index (χ2n) is 7.74. The van der Waals surface area contributed by atoms with Crippen LogP contribution in [0.5, 0.6) is 5.75 Å². The summed E-state index contributed by atoms with van der Waals surface area (Å²) in [4.78, 5) is 43.3. The molecular formula is C27H20N2O6. The average Bonchev–Trinajstić information content (AvgIpc) is 3.27. The number of nitrogens with zero attached hydrogens (tertiary/aromatic N) is 2. The summed E-state index contributed by atoms with van der Waals surface area (Å²) in [6.07, 6.45) is 1.45. The molecule has 0 saturated heterocycles. The quantitative estimate of drug-likeness (QED) is 0.205. The van der Waals surface area contributed by atoms with E-state index in [-0.39, 0.29) is 23.4 Å². The van der Waals surface area contributed by atoms with E-state index in [0.29, 0.717) is 27.9 Å². The highest BCUT2D eigenvalue weighted by atomic mass is 16.5. The van der Waals surface area contributed by atoms with E-state index in [1.54, 1.807) is 56.5 Å². The first-order valence-corrected chi connectivity index (χ1v) is 10.9. The van der Waals surface area contributed by atoms with Gasteiger partial charge >= 0.3 is 11.6 Å². The summed E-state index contributed by atoms with van der Waals surface area (Å²) in [5.74, 6) is -0.470. The number of fused-ring (bicyclic) bond motifs is 2. The molecule has 0 aliphatic heterocycles. The predicted molar refractivity (Wildman–Crippen MR) is 129 cm³/mol. The van der Waals surface area contributed by atoms with Crippen molar-refractivity contribution >= 4 is 28.2 Å². The van der Waals surface area contributed by atoms with Crippen molar-refractivity contribution in [3.8, 4) is 17.0 Å². The normalized spacial score (nSPS) is 11.0. The number of rotatable bonds is 6. The van der Waals surface area contributed by atoms with Gasteiger partial charge in [0.15, 0.2) is 0 Å². The van der Waals surface area contributed by atoms with Crippen LogP contribution in [0.25, 0.3) is 27.7 Å². The summed E-state index contributed by atoms with van der Waals surface area (Å²) in [5.41, 5.74) is 1.59. The predicted octanol–water partition coefficient (Wildman–Crippen LogP) is 4.52. The highest BCUT2D eigenvalue weighted by molar-refractivity contribution is 6.12. The summed E-state index contributed by atoms with van der Waals surface area (Å²) in [6, 6.07) is 18.8. The van der Waals surface area contributed by atoms with Crippen LogP contribution < -0.4 is 10.4 Å². The molecule has 0 saturated carbocycles. The molecule has 0 atom stereocenters. The van der Waals surface area contributed by atoms with Crippen molar-refractivity contribution in [1.29, 1.82) is 0 Å². The van der Waals surface area contributed by atoms with E-state index in [1.165, 1.54) is 22.9 Å². The van der Waals surface area contributed by atoms with Crippen molar-refractivity contribution in [2.45, 2.75) is 6.92 Å². The molecule has 2 aromatic carbocycles. The monoisotopic (exact) mass is 468 g/mol. The molecule has 174 valence electrons. The molecule has 0 radical (unpaired) electrons. The Kier molecular flexibility index (Phi) is 5.62. The van der Waals surface area contributed by atoms with Gasteiger partial charge in [0, 0.05) is 10.9 Å². The van der Waals surface area contributed by atoms with Crippen LogP contribution in [0.1, 0.15) is 33.3 Å².